The maximum atomic E-state index is 11.8. The molecule has 0 radical (unpaired) electrons. The maximum Gasteiger partial charge on any atom is 0.220 e. The minimum Gasteiger partial charge on any atom is -0.354 e. The van der Waals surface area contributed by atoms with Gasteiger partial charge in [0.25, 0.3) is 0 Å². The summed E-state index contributed by atoms with van der Waals surface area (Å²) in [5, 5.41) is 7.43. The van der Waals surface area contributed by atoms with Gasteiger partial charge in [-0.15, -0.1) is 0 Å². The van der Waals surface area contributed by atoms with E-state index < -0.39 is 0 Å². The normalized spacial score (nSPS) is 17.8. The Bertz CT molecular complexity index is 383. The van der Waals surface area contributed by atoms with Crippen molar-refractivity contribution in [3.8, 4) is 0 Å². The van der Waals surface area contributed by atoms with Crippen LogP contribution in [-0.2, 0) is 4.79 Å². The number of thiophene rings is 1. The SMILES string of the molecule is CC(C)CC(=O)NCC(c1ccsc1)N1CCCC1. The van der Waals surface area contributed by atoms with Crippen LogP contribution in [-0.4, -0.2) is 30.4 Å². The van der Waals surface area contributed by atoms with Gasteiger partial charge in [0.05, 0.1) is 6.04 Å². The summed E-state index contributed by atoms with van der Waals surface area (Å²) in [6, 6.07) is 2.53. The number of rotatable bonds is 6. The Balaban J connectivity index is 1.92. The third-order valence-electron chi connectivity index (χ3n) is 3.60. The van der Waals surface area contributed by atoms with E-state index in [4.69, 9.17) is 0 Å². The highest BCUT2D eigenvalue weighted by Gasteiger charge is 2.24. The molecule has 1 aliphatic rings. The number of hydrogen-bond acceptors (Lipinski definition) is 3. The summed E-state index contributed by atoms with van der Waals surface area (Å²) in [5.41, 5.74) is 1.34. The van der Waals surface area contributed by atoms with Crippen molar-refractivity contribution in [3.63, 3.8) is 0 Å². The van der Waals surface area contributed by atoms with Crippen LogP contribution in [0.3, 0.4) is 0 Å². The zero-order valence-corrected chi connectivity index (χ0v) is 12.7. The third kappa shape index (κ3) is 4.32. The number of nitrogens with one attached hydrogen (secondary N) is 1. The van der Waals surface area contributed by atoms with E-state index in [9.17, 15) is 4.79 Å². The van der Waals surface area contributed by atoms with Gasteiger partial charge < -0.3 is 5.32 Å². The predicted octanol–water partition coefficient (Wildman–Crippen LogP) is 3.05. The fourth-order valence-corrected chi connectivity index (χ4v) is 3.34. The fourth-order valence-electron chi connectivity index (χ4n) is 2.63. The van der Waals surface area contributed by atoms with Crippen LogP contribution in [0.4, 0.5) is 0 Å². The van der Waals surface area contributed by atoms with Gasteiger partial charge in [0.15, 0.2) is 0 Å². The Morgan fingerprint density at radius 3 is 2.74 bits per heavy atom. The first-order valence-electron chi connectivity index (χ1n) is 7.19. The average molecular weight is 280 g/mol. The van der Waals surface area contributed by atoms with Crippen LogP contribution < -0.4 is 5.32 Å². The summed E-state index contributed by atoms with van der Waals surface area (Å²) in [7, 11) is 0. The molecule has 0 spiro atoms. The van der Waals surface area contributed by atoms with E-state index in [-0.39, 0.29) is 5.91 Å². The summed E-state index contributed by atoms with van der Waals surface area (Å²) in [6.45, 7) is 7.20. The first kappa shape index (κ1) is 14.5. The highest BCUT2D eigenvalue weighted by molar-refractivity contribution is 7.07. The Morgan fingerprint density at radius 1 is 1.42 bits per heavy atom. The van der Waals surface area contributed by atoms with Crippen LogP contribution in [0.2, 0.25) is 0 Å². The number of carbonyl (C=O) groups is 1. The Kier molecular flexibility index (Phi) is 5.40. The van der Waals surface area contributed by atoms with Crippen LogP contribution in [0.1, 0.15) is 44.7 Å². The van der Waals surface area contributed by atoms with Gasteiger partial charge in [-0.3, -0.25) is 9.69 Å². The minimum absolute atomic E-state index is 0.175. The Morgan fingerprint density at radius 2 is 2.16 bits per heavy atom. The van der Waals surface area contributed by atoms with Crippen LogP contribution >= 0.6 is 11.3 Å². The quantitative estimate of drug-likeness (QED) is 0.868. The van der Waals surface area contributed by atoms with Gasteiger partial charge in [0, 0.05) is 13.0 Å². The van der Waals surface area contributed by atoms with Crippen LogP contribution in [0.15, 0.2) is 16.8 Å². The summed E-state index contributed by atoms with van der Waals surface area (Å²) in [6.07, 6.45) is 3.18. The molecule has 1 atom stereocenters. The first-order valence-corrected chi connectivity index (χ1v) is 8.14. The molecule has 0 aliphatic carbocycles. The van der Waals surface area contributed by atoms with Crippen LogP contribution in [0.25, 0.3) is 0 Å². The lowest BCUT2D eigenvalue weighted by Crippen LogP contribution is -2.36. The van der Waals surface area contributed by atoms with Crippen molar-refractivity contribution in [2.24, 2.45) is 5.92 Å². The zero-order chi connectivity index (χ0) is 13.7. The van der Waals surface area contributed by atoms with Gasteiger partial charge in [-0.25, -0.2) is 0 Å². The number of nitrogens with zero attached hydrogens (tertiary/aromatic N) is 1. The molecule has 1 amide bonds. The smallest absolute Gasteiger partial charge is 0.220 e. The van der Waals surface area contributed by atoms with Crippen molar-refractivity contribution in [3.05, 3.63) is 22.4 Å². The van der Waals surface area contributed by atoms with Gasteiger partial charge in [-0.05, 0) is 54.2 Å². The molecule has 0 aromatic carbocycles. The van der Waals surface area contributed by atoms with Gasteiger partial charge in [0.1, 0.15) is 0 Å². The molecule has 19 heavy (non-hydrogen) atoms. The molecule has 4 heteroatoms. The van der Waals surface area contributed by atoms with Crippen molar-refractivity contribution in [2.75, 3.05) is 19.6 Å². The van der Waals surface area contributed by atoms with Gasteiger partial charge >= 0.3 is 0 Å². The van der Waals surface area contributed by atoms with Crippen LogP contribution in [0, 0.1) is 5.92 Å². The van der Waals surface area contributed by atoms with Crippen molar-refractivity contribution in [2.45, 2.75) is 39.2 Å². The molecule has 2 rings (SSSR count). The molecule has 2 heterocycles. The number of hydrogen-bond donors (Lipinski definition) is 1. The molecular formula is C15H24N2OS. The second-order valence-corrected chi connectivity index (χ2v) is 6.50. The summed E-state index contributed by atoms with van der Waals surface area (Å²) in [4.78, 5) is 14.3. The summed E-state index contributed by atoms with van der Waals surface area (Å²) in [5.74, 6) is 0.598. The minimum atomic E-state index is 0.175. The summed E-state index contributed by atoms with van der Waals surface area (Å²) >= 11 is 1.73. The lowest BCUT2D eigenvalue weighted by molar-refractivity contribution is -0.122. The molecule has 1 aliphatic heterocycles. The lowest BCUT2D eigenvalue weighted by Gasteiger charge is -2.27. The van der Waals surface area contributed by atoms with E-state index in [0.29, 0.717) is 18.4 Å². The lowest BCUT2D eigenvalue weighted by atomic mass is 10.1. The molecule has 3 nitrogen and oxygen atoms in total. The third-order valence-corrected chi connectivity index (χ3v) is 4.30. The molecule has 106 valence electrons. The molecule has 1 unspecified atom stereocenters. The Labute approximate surface area is 120 Å². The van der Waals surface area contributed by atoms with Crippen molar-refractivity contribution >= 4 is 17.2 Å². The van der Waals surface area contributed by atoms with Crippen molar-refractivity contribution < 1.29 is 4.79 Å². The van der Waals surface area contributed by atoms with E-state index in [1.165, 1.54) is 18.4 Å². The molecule has 1 fully saturated rings. The van der Waals surface area contributed by atoms with E-state index in [0.717, 1.165) is 19.6 Å². The fraction of sp³-hybridized carbons (Fsp3) is 0.667. The maximum absolute atomic E-state index is 11.8. The second-order valence-electron chi connectivity index (χ2n) is 5.72. The van der Waals surface area contributed by atoms with Gasteiger partial charge in [-0.1, -0.05) is 13.8 Å². The van der Waals surface area contributed by atoms with E-state index in [1.807, 2.05) is 0 Å². The highest BCUT2D eigenvalue weighted by Crippen LogP contribution is 2.26. The molecular weight excluding hydrogens is 256 g/mol. The van der Waals surface area contributed by atoms with Crippen molar-refractivity contribution in [1.29, 1.82) is 0 Å². The molecule has 0 bridgehead atoms. The molecule has 1 aromatic rings. The molecule has 0 saturated carbocycles. The highest BCUT2D eigenvalue weighted by atomic mass is 32.1. The van der Waals surface area contributed by atoms with E-state index in [2.05, 4.69) is 40.9 Å². The number of likely N-dealkylation sites (tertiary alicyclic amines) is 1. The zero-order valence-electron chi connectivity index (χ0n) is 11.9. The van der Waals surface area contributed by atoms with Crippen molar-refractivity contribution in [1.82, 2.24) is 10.2 Å². The van der Waals surface area contributed by atoms with Gasteiger partial charge in [0.2, 0.25) is 5.91 Å². The molecule has 1 aromatic heterocycles. The summed E-state index contributed by atoms with van der Waals surface area (Å²) < 4.78 is 0. The number of amides is 1. The van der Waals surface area contributed by atoms with E-state index in [1.54, 1.807) is 11.3 Å². The first-order chi connectivity index (χ1) is 9.16. The average Bonchev–Trinajstić information content (AvgIpc) is 3.00. The van der Waals surface area contributed by atoms with Crippen LogP contribution in [0.5, 0.6) is 0 Å². The Hall–Kier alpha value is -0.870. The van der Waals surface area contributed by atoms with Gasteiger partial charge in [-0.2, -0.15) is 11.3 Å². The predicted molar refractivity (Wildman–Crippen MR) is 80.3 cm³/mol. The van der Waals surface area contributed by atoms with E-state index >= 15 is 0 Å². The standard InChI is InChI=1S/C15H24N2OS/c1-12(2)9-15(18)16-10-14(13-5-8-19-11-13)17-6-3-4-7-17/h5,8,11-12,14H,3-4,6-7,9-10H2,1-2H3,(H,16,18). The second kappa shape index (κ2) is 7.06. The largest absolute Gasteiger partial charge is 0.354 e. The number of carbonyl (C=O) groups excluding carboxylic acids is 1. The monoisotopic (exact) mass is 280 g/mol. The molecule has 1 saturated heterocycles. The molecule has 1 N–H and O–H groups in total. The topological polar surface area (TPSA) is 32.3 Å².